The highest BCUT2D eigenvalue weighted by Gasteiger charge is 2.28. The fourth-order valence-electron chi connectivity index (χ4n) is 5.27. The van der Waals surface area contributed by atoms with Gasteiger partial charge in [-0.15, -0.1) is 11.6 Å². The van der Waals surface area contributed by atoms with Crippen LogP contribution in [0.4, 0.5) is 0 Å². The Morgan fingerprint density at radius 3 is 2.57 bits per heavy atom. The molecular formula is C25H41Cl2N3. The van der Waals surface area contributed by atoms with Gasteiger partial charge in [-0.3, -0.25) is 4.99 Å². The summed E-state index contributed by atoms with van der Waals surface area (Å²) in [4.78, 5) is 7.35. The van der Waals surface area contributed by atoms with Crippen LogP contribution in [0.5, 0.6) is 0 Å². The van der Waals surface area contributed by atoms with Crippen molar-refractivity contribution in [2.75, 3.05) is 32.7 Å². The summed E-state index contributed by atoms with van der Waals surface area (Å²) >= 11 is 12.7. The van der Waals surface area contributed by atoms with Crippen LogP contribution in [0.1, 0.15) is 65.7 Å². The summed E-state index contributed by atoms with van der Waals surface area (Å²) in [5.41, 5.74) is 2.95. The lowest BCUT2D eigenvalue weighted by atomic mass is 9.84. The fraction of sp³-hybridized carbons (Fsp3) is 0.800. The highest BCUT2D eigenvalue weighted by Crippen LogP contribution is 2.32. The summed E-state index contributed by atoms with van der Waals surface area (Å²) in [7, 11) is 0. The second-order valence-electron chi connectivity index (χ2n) is 9.84. The first kappa shape index (κ1) is 24.3. The van der Waals surface area contributed by atoms with Crippen LogP contribution in [-0.4, -0.2) is 54.8 Å². The van der Waals surface area contributed by atoms with Gasteiger partial charge in [0.1, 0.15) is 0 Å². The van der Waals surface area contributed by atoms with Crippen molar-refractivity contribution >= 4 is 28.9 Å². The summed E-state index contributed by atoms with van der Waals surface area (Å²) < 4.78 is 0. The maximum absolute atomic E-state index is 6.53. The van der Waals surface area contributed by atoms with E-state index in [2.05, 4.69) is 48.1 Å². The summed E-state index contributed by atoms with van der Waals surface area (Å²) in [6, 6.07) is 0.541. The number of hydrogen-bond donors (Lipinski definition) is 1. The van der Waals surface area contributed by atoms with Crippen molar-refractivity contribution in [1.82, 2.24) is 10.2 Å². The second-order valence-corrected chi connectivity index (χ2v) is 10.9. The van der Waals surface area contributed by atoms with Gasteiger partial charge >= 0.3 is 0 Å². The molecule has 0 radical (unpaired) electrons. The minimum absolute atomic E-state index is 0.256. The smallest absolute Gasteiger partial charge is 0.0391 e. The Labute approximate surface area is 194 Å². The van der Waals surface area contributed by atoms with E-state index in [0.717, 1.165) is 62.7 Å². The lowest BCUT2D eigenvalue weighted by Crippen LogP contribution is -2.48. The standard InChI is InChI=1S/C25H41Cl2N3/c1-4-28-24-14-19(13-23(27)15-24)16-29-25(18(2)3)17-30-11-9-21(10-12-30)20-5-7-22(26)8-6-20/h5,7,18-19,21,23,25,29H,4,6,8-17H2,1-3H3/t19?,23?,25-/m0/s1. The molecule has 0 bridgehead atoms. The van der Waals surface area contributed by atoms with Gasteiger partial charge in [-0.1, -0.05) is 37.1 Å². The Bertz CT molecular complexity index is 632. The van der Waals surface area contributed by atoms with Gasteiger partial charge in [0, 0.05) is 41.7 Å². The van der Waals surface area contributed by atoms with E-state index in [1.54, 1.807) is 5.57 Å². The number of piperidine rings is 1. The van der Waals surface area contributed by atoms with E-state index < -0.39 is 0 Å². The molecule has 5 heteroatoms. The first-order valence-electron chi connectivity index (χ1n) is 12.1. The van der Waals surface area contributed by atoms with Crippen molar-refractivity contribution in [3.63, 3.8) is 0 Å². The van der Waals surface area contributed by atoms with Crippen molar-refractivity contribution in [3.05, 3.63) is 22.8 Å². The molecule has 170 valence electrons. The zero-order valence-electron chi connectivity index (χ0n) is 19.2. The quantitative estimate of drug-likeness (QED) is 0.454. The lowest BCUT2D eigenvalue weighted by Gasteiger charge is -2.37. The number of allylic oxidation sites excluding steroid dienone is 4. The van der Waals surface area contributed by atoms with Crippen LogP contribution in [0.25, 0.3) is 0 Å². The normalized spacial score (nSPS) is 29.2. The van der Waals surface area contributed by atoms with E-state index in [0.29, 0.717) is 17.9 Å². The second kappa shape index (κ2) is 12.0. The molecule has 1 N–H and O–H groups in total. The summed E-state index contributed by atoms with van der Waals surface area (Å²) in [5, 5.41) is 5.17. The Morgan fingerprint density at radius 1 is 1.17 bits per heavy atom. The van der Waals surface area contributed by atoms with Crippen molar-refractivity contribution < 1.29 is 0 Å². The van der Waals surface area contributed by atoms with Gasteiger partial charge in [-0.2, -0.15) is 0 Å². The van der Waals surface area contributed by atoms with Crippen molar-refractivity contribution in [3.8, 4) is 0 Å². The van der Waals surface area contributed by atoms with E-state index in [1.165, 1.54) is 31.6 Å². The molecule has 3 rings (SSSR count). The predicted octanol–water partition coefficient (Wildman–Crippen LogP) is 6.02. The number of nitrogens with zero attached hydrogens (tertiary/aromatic N) is 2. The van der Waals surface area contributed by atoms with Crippen molar-refractivity contribution in [2.45, 2.75) is 77.1 Å². The van der Waals surface area contributed by atoms with Crippen LogP contribution in [0.2, 0.25) is 0 Å². The number of halogens is 2. The Hall–Kier alpha value is -0.350. The van der Waals surface area contributed by atoms with Crippen LogP contribution in [0, 0.1) is 17.8 Å². The molecule has 1 aliphatic heterocycles. The molecule has 1 saturated heterocycles. The van der Waals surface area contributed by atoms with Gasteiger partial charge in [0.25, 0.3) is 0 Å². The van der Waals surface area contributed by atoms with Crippen LogP contribution >= 0.6 is 23.2 Å². The maximum Gasteiger partial charge on any atom is 0.0391 e. The minimum atomic E-state index is 0.256. The van der Waals surface area contributed by atoms with Gasteiger partial charge < -0.3 is 10.2 Å². The molecule has 2 unspecified atom stereocenters. The third kappa shape index (κ3) is 7.36. The SMILES string of the molecule is CCN=C1CC(Cl)CC(CN[C@@H](CN2CCC(C3=CC=C(Cl)CC3)CC2)C(C)C)C1. The molecule has 2 aliphatic carbocycles. The summed E-state index contributed by atoms with van der Waals surface area (Å²) in [6.45, 7) is 12.3. The topological polar surface area (TPSA) is 27.6 Å². The van der Waals surface area contributed by atoms with Gasteiger partial charge in [-0.05, 0) is 88.9 Å². The molecule has 30 heavy (non-hydrogen) atoms. The van der Waals surface area contributed by atoms with E-state index >= 15 is 0 Å². The number of nitrogens with one attached hydrogen (secondary N) is 1. The van der Waals surface area contributed by atoms with E-state index in [-0.39, 0.29) is 5.38 Å². The molecule has 0 aromatic carbocycles. The van der Waals surface area contributed by atoms with Crippen LogP contribution < -0.4 is 5.32 Å². The average Bonchev–Trinajstić information content (AvgIpc) is 2.72. The van der Waals surface area contributed by atoms with Gasteiger partial charge in [0.2, 0.25) is 0 Å². The molecule has 3 aliphatic rings. The van der Waals surface area contributed by atoms with Crippen LogP contribution in [0.15, 0.2) is 27.7 Å². The Kier molecular flexibility index (Phi) is 9.75. The van der Waals surface area contributed by atoms with E-state index in [9.17, 15) is 0 Å². The highest BCUT2D eigenvalue weighted by molar-refractivity contribution is 6.29. The zero-order valence-corrected chi connectivity index (χ0v) is 20.7. The number of alkyl halides is 1. The monoisotopic (exact) mass is 453 g/mol. The molecule has 0 aromatic heterocycles. The number of likely N-dealkylation sites (tertiary alicyclic amines) is 1. The number of rotatable bonds is 8. The maximum atomic E-state index is 6.53. The average molecular weight is 455 g/mol. The molecule has 1 heterocycles. The molecule has 0 aromatic rings. The first-order chi connectivity index (χ1) is 14.4. The van der Waals surface area contributed by atoms with E-state index in [4.69, 9.17) is 23.2 Å². The fourth-order valence-corrected chi connectivity index (χ4v) is 5.86. The lowest BCUT2D eigenvalue weighted by molar-refractivity contribution is 0.162. The third-order valence-electron chi connectivity index (χ3n) is 7.12. The van der Waals surface area contributed by atoms with Crippen molar-refractivity contribution in [1.29, 1.82) is 0 Å². The third-order valence-corrected chi connectivity index (χ3v) is 7.77. The number of hydrogen-bond acceptors (Lipinski definition) is 3. The Morgan fingerprint density at radius 2 is 1.93 bits per heavy atom. The minimum Gasteiger partial charge on any atom is -0.312 e. The van der Waals surface area contributed by atoms with Crippen molar-refractivity contribution in [2.24, 2.45) is 22.7 Å². The van der Waals surface area contributed by atoms with Gasteiger partial charge in [0.05, 0.1) is 0 Å². The Balaban J connectivity index is 1.45. The van der Waals surface area contributed by atoms with E-state index in [1.807, 2.05) is 0 Å². The first-order valence-corrected chi connectivity index (χ1v) is 12.9. The molecule has 2 fully saturated rings. The van der Waals surface area contributed by atoms with Gasteiger partial charge in [0.15, 0.2) is 0 Å². The largest absolute Gasteiger partial charge is 0.312 e. The molecule has 1 saturated carbocycles. The number of aliphatic imine (C=N–C) groups is 1. The van der Waals surface area contributed by atoms with Crippen LogP contribution in [-0.2, 0) is 0 Å². The van der Waals surface area contributed by atoms with Gasteiger partial charge in [-0.25, -0.2) is 0 Å². The summed E-state index contributed by atoms with van der Waals surface area (Å²) in [5.74, 6) is 2.01. The highest BCUT2D eigenvalue weighted by atomic mass is 35.5. The molecule has 0 spiro atoms. The molecule has 0 amide bonds. The molecular weight excluding hydrogens is 413 g/mol. The van der Waals surface area contributed by atoms with Crippen LogP contribution in [0.3, 0.4) is 0 Å². The zero-order chi connectivity index (χ0) is 21.5. The predicted molar refractivity (Wildman–Crippen MR) is 132 cm³/mol. The summed E-state index contributed by atoms with van der Waals surface area (Å²) in [6.07, 6.45) is 12.4. The molecule has 3 atom stereocenters. The molecule has 3 nitrogen and oxygen atoms in total.